The Morgan fingerprint density at radius 1 is 0.959 bits per heavy atom. The number of carbonyl (C=O) groups is 4. The molecule has 3 amide bonds. The molecule has 3 aromatic rings. The van der Waals surface area contributed by atoms with Crippen molar-refractivity contribution in [1.82, 2.24) is 15.5 Å². The normalized spacial score (nSPS) is 15.3. The topological polar surface area (TPSA) is 164 Å². The fourth-order valence-corrected chi connectivity index (χ4v) is 5.53. The molecule has 1 heterocycles. The minimum Gasteiger partial charge on any atom is -0.462 e. The zero-order valence-electron chi connectivity index (χ0n) is 28.6. The maximum absolute atomic E-state index is 14.0. The Labute approximate surface area is 287 Å². The van der Waals surface area contributed by atoms with Gasteiger partial charge in [-0.15, -0.1) is 0 Å². The van der Waals surface area contributed by atoms with Crippen LogP contribution in [0.1, 0.15) is 58.9 Å². The molecule has 12 heteroatoms. The highest BCUT2D eigenvalue weighted by Gasteiger charge is 2.41. The lowest BCUT2D eigenvalue weighted by molar-refractivity contribution is -0.172. The molecule has 0 aromatic heterocycles. The van der Waals surface area contributed by atoms with E-state index in [1.54, 1.807) is 32.2 Å². The summed E-state index contributed by atoms with van der Waals surface area (Å²) in [5, 5.41) is 18.5. The molecule has 0 bridgehead atoms. The number of nitrogens with zero attached hydrogens (tertiary/aromatic N) is 2. The van der Waals surface area contributed by atoms with Crippen molar-refractivity contribution in [3.8, 4) is 0 Å². The van der Waals surface area contributed by atoms with Gasteiger partial charge in [0, 0.05) is 30.4 Å². The van der Waals surface area contributed by atoms with Crippen molar-refractivity contribution in [3.63, 3.8) is 0 Å². The van der Waals surface area contributed by atoms with Gasteiger partial charge in [-0.2, -0.15) is 0 Å². The number of rotatable bonds is 15. The molecule has 1 aliphatic heterocycles. The van der Waals surface area contributed by atoms with Crippen LogP contribution in [0.5, 0.6) is 0 Å². The summed E-state index contributed by atoms with van der Waals surface area (Å²) in [5.41, 5.74) is 5.60. The third-order valence-electron chi connectivity index (χ3n) is 8.16. The van der Waals surface area contributed by atoms with E-state index in [2.05, 4.69) is 10.6 Å². The lowest BCUT2D eigenvalue weighted by Gasteiger charge is -2.30. The number of carbonyl (C=O) groups excluding carboxylic acids is 4. The van der Waals surface area contributed by atoms with E-state index in [4.69, 9.17) is 15.2 Å². The van der Waals surface area contributed by atoms with Crippen LogP contribution in [0.15, 0.2) is 84.7 Å². The summed E-state index contributed by atoms with van der Waals surface area (Å²) in [6.07, 6.45) is 1.61. The van der Waals surface area contributed by atoms with Gasteiger partial charge in [0.05, 0.1) is 12.6 Å². The first kappa shape index (κ1) is 36.9. The van der Waals surface area contributed by atoms with Crippen LogP contribution in [-0.4, -0.2) is 65.0 Å². The van der Waals surface area contributed by atoms with Gasteiger partial charge in [-0.25, -0.2) is 9.59 Å². The van der Waals surface area contributed by atoms with Crippen LogP contribution in [0.25, 0.3) is 10.8 Å². The quantitative estimate of drug-likeness (QED) is 0.134. The highest BCUT2D eigenvalue weighted by molar-refractivity contribution is 5.92. The number of nitrogens with one attached hydrogen (secondary N) is 2. The summed E-state index contributed by atoms with van der Waals surface area (Å²) >= 11 is 0. The fraction of sp³-hybridized carbons (Fsp3) is 0.405. The maximum Gasteiger partial charge on any atom is 0.408 e. The largest absolute Gasteiger partial charge is 0.462 e. The van der Waals surface area contributed by atoms with Crippen molar-refractivity contribution in [3.05, 3.63) is 90.3 Å². The predicted molar refractivity (Wildman–Crippen MR) is 186 cm³/mol. The average Bonchev–Trinajstić information content (AvgIpc) is 3.50. The van der Waals surface area contributed by atoms with E-state index in [0.29, 0.717) is 24.5 Å². The van der Waals surface area contributed by atoms with Gasteiger partial charge in [0.15, 0.2) is 0 Å². The molecule has 1 unspecified atom stereocenters. The molecule has 0 radical (unpaired) electrons. The molecule has 4 rings (SSSR count). The molecule has 12 nitrogen and oxygen atoms in total. The number of benzene rings is 3. The number of hydrogen-bond acceptors (Lipinski definition) is 9. The first-order chi connectivity index (χ1) is 23.4. The Bertz CT molecular complexity index is 1640. The Kier molecular flexibility index (Phi) is 12.8. The number of alkyl carbamates (subject to hydrolysis) is 1. The van der Waals surface area contributed by atoms with E-state index in [1.165, 1.54) is 4.90 Å². The summed E-state index contributed by atoms with van der Waals surface area (Å²) in [5.74, 6) is -1.87. The Morgan fingerprint density at radius 3 is 2.33 bits per heavy atom. The molecule has 3 aromatic carbocycles. The second kappa shape index (κ2) is 16.9. The van der Waals surface area contributed by atoms with Gasteiger partial charge >= 0.3 is 12.1 Å². The van der Waals surface area contributed by atoms with Crippen LogP contribution in [0.3, 0.4) is 0 Å². The van der Waals surface area contributed by atoms with Crippen molar-refractivity contribution in [1.29, 1.82) is 0 Å². The summed E-state index contributed by atoms with van der Waals surface area (Å²) < 4.78 is 10.6. The number of fused-ring (bicyclic) bond motifs is 1. The van der Waals surface area contributed by atoms with Gasteiger partial charge in [0.25, 0.3) is 0 Å². The van der Waals surface area contributed by atoms with Crippen LogP contribution >= 0.6 is 0 Å². The monoisotopic (exact) mass is 673 g/mol. The number of aliphatic hydroxyl groups is 1. The third kappa shape index (κ3) is 10.0. The Hall–Kier alpha value is -4.94. The molecule has 0 saturated heterocycles. The standard InChI is InChI=1S/C37H47N5O7/c1-5-48-35(45)37(47,19-11-12-25(2)3)40-33(43)32(39-36(46)49-23-27-13-7-6-8-14-27)21-31-22-41(34(44)26(4)38)24-42(31)30-18-17-28-15-9-10-16-29(28)20-30/h6-10,13-18,20,22,25-26,32,47H,5,11-12,19,21,23-24,38H2,1-4H3,(H,39,46)(H,40,43)/t26-,32+,37?/m0/s1. The van der Waals surface area contributed by atoms with Gasteiger partial charge in [-0.3, -0.25) is 14.5 Å². The van der Waals surface area contributed by atoms with Crippen molar-refractivity contribution in [2.75, 3.05) is 18.2 Å². The molecule has 0 saturated carbocycles. The first-order valence-corrected chi connectivity index (χ1v) is 16.6. The van der Waals surface area contributed by atoms with Crippen LogP contribution < -0.4 is 21.3 Å². The number of esters is 1. The third-order valence-corrected chi connectivity index (χ3v) is 8.16. The van der Waals surface area contributed by atoms with E-state index in [1.807, 2.05) is 79.4 Å². The first-order valence-electron chi connectivity index (χ1n) is 16.6. The lowest BCUT2D eigenvalue weighted by atomic mass is 9.99. The zero-order valence-corrected chi connectivity index (χ0v) is 28.6. The van der Waals surface area contributed by atoms with Gasteiger partial charge in [-0.05, 0) is 54.7 Å². The van der Waals surface area contributed by atoms with Gasteiger partial charge in [0.2, 0.25) is 17.5 Å². The fourth-order valence-electron chi connectivity index (χ4n) is 5.53. The molecule has 49 heavy (non-hydrogen) atoms. The molecule has 3 atom stereocenters. The summed E-state index contributed by atoms with van der Waals surface area (Å²) in [6, 6.07) is 20.6. The van der Waals surface area contributed by atoms with E-state index in [-0.39, 0.29) is 38.6 Å². The predicted octanol–water partition coefficient (Wildman–Crippen LogP) is 4.51. The van der Waals surface area contributed by atoms with E-state index < -0.39 is 35.8 Å². The number of amides is 3. The number of hydrogen-bond donors (Lipinski definition) is 4. The molecule has 1 aliphatic rings. The lowest BCUT2D eigenvalue weighted by Crippen LogP contribution is -2.60. The molecular weight excluding hydrogens is 626 g/mol. The van der Waals surface area contributed by atoms with E-state index in [9.17, 15) is 24.3 Å². The molecule has 5 N–H and O–H groups in total. The van der Waals surface area contributed by atoms with E-state index >= 15 is 0 Å². The minimum absolute atomic E-state index is 0.00822. The molecule has 0 aliphatic carbocycles. The SMILES string of the molecule is CCOC(=O)C(O)(CCCC(C)C)NC(=O)[C@@H](CC1=CN(C(=O)[C@H](C)N)CN1c1ccc2ccccc2c1)NC(=O)OCc1ccccc1. The highest BCUT2D eigenvalue weighted by atomic mass is 16.6. The van der Waals surface area contributed by atoms with Crippen molar-refractivity contribution >= 4 is 40.3 Å². The van der Waals surface area contributed by atoms with Gasteiger partial charge < -0.3 is 35.8 Å². The van der Waals surface area contributed by atoms with Gasteiger partial charge in [0.1, 0.15) is 19.3 Å². The second-order valence-electron chi connectivity index (χ2n) is 12.6. The van der Waals surface area contributed by atoms with Crippen molar-refractivity contribution in [2.45, 2.75) is 77.8 Å². The minimum atomic E-state index is -2.34. The highest BCUT2D eigenvalue weighted by Crippen LogP contribution is 2.31. The van der Waals surface area contributed by atoms with Crippen molar-refractivity contribution in [2.24, 2.45) is 11.7 Å². The van der Waals surface area contributed by atoms with Crippen LogP contribution in [0.2, 0.25) is 0 Å². The van der Waals surface area contributed by atoms with Crippen LogP contribution in [-0.2, 0) is 30.5 Å². The summed E-state index contributed by atoms with van der Waals surface area (Å²) in [7, 11) is 0. The molecule has 0 spiro atoms. The Balaban J connectivity index is 1.66. The summed E-state index contributed by atoms with van der Waals surface area (Å²) in [6.45, 7) is 7.27. The van der Waals surface area contributed by atoms with E-state index in [0.717, 1.165) is 22.0 Å². The number of nitrogens with two attached hydrogens (primary N) is 1. The zero-order chi connectivity index (χ0) is 35.6. The van der Waals surface area contributed by atoms with Crippen LogP contribution in [0, 0.1) is 5.92 Å². The molecule has 262 valence electrons. The molecular formula is C37H47N5O7. The van der Waals surface area contributed by atoms with Crippen LogP contribution in [0.4, 0.5) is 10.5 Å². The average molecular weight is 674 g/mol. The summed E-state index contributed by atoms with van der Waals surface area (Å²) in [4.78, 5) is 56.5. The smallest absolute Gasteiger partial charge is 0.408 e. The Morgan fingerprint density at radius 2 is 1.65 bits per heavy atom. The molecule has 0 fully saturated rings. The number of ether oxygens (including phenoxy) is 2. The number of anilines is 1. The van der Waals surface area contributed by atoms with Gasteiger partial charge in [-0.1, -0.05) is 80.9 Å². The van der Waals surface area contributed by atoms with Crippen molar-refractivity contribution < 1.29 is 33.8 Å². The second-order valence-corrected chi connectivity index (χ2v) is 12.6. The maximum atomic E-state index is 14.0.